The molecule has 6 nitrogen and oxygen atoms in total. The van der Waals surface area contributed by atoms with Gasteiger partial charge in [-0.25, -0.2) is 4.39 Å². The van der Waals surface area contributed by atoms with Crippen LogP contribution in [-0.2, 0) is 0 Å². The summed E-state index contributed by atoms with van der Waals surface area (Å²) in [7, 11) is 0. The van der Waals surface area contributed by atoms with Gasteiger partial charge in [-0.1, -0.05) is 11.6 Å². The quantitative estimate of drug-likeness (QED) is 0.680. The Balaban J connectivity index is 1.90. The highest BCUT2D eigenvalue weighted by Gasteiger charge is 2.25. The van der Waals surface area contributed by atoms with Crippen LogP contribution in [0.15, 0.2) is 40.8 Å². The van der Waals surface area contributed by atoms with E-state index in [0.717, 1.165) is 0 Å². The summed E-state index contributed by atoms with van der Waals surface area (Å²) < 4.78 is 18.7. The first-order chi connectivity index (χ1) is 12.9. The Morgan fingerprint density at radius 3 is 2.56 bits per heavy atom. The first-order valence-corrected chi connectivity index (χ1v) is 8.51. The van der Waals surface area contributed by atoms with Crippen molar-refractivity contribution in [2.45, 2.75) is 26.0 Å². The molecule has 0 aliphatic carbocycles. The molecule has 0 saturated heterocycles. The fraction of sp³-hybridized carbons (Fsp3) is 0.211. The zero-order chi connectivity index (χ0) is 19.6. The molecule has 0 bridgehead atoms. The van der Waals surface area contributed by atoms with Gasteiger partial charge in [-0.05, 0) is 55.8 Å². The van der Waals surface area contributed by atoms with Gasteiger partial charge in [0, 0.05) is 11.3 Å². The maximum atomic E-state index is 13.1. The standard InChI is InChI=1S/C19H16ClFN4O2/c1-10-15(8-5-13(9-22)16(10)20)23-17(11(2)26)19-25-24-18(27-19)12-3-6-14(21)7-4-12/h3-8,11,17,23,26H,1-2H3/t11-,17?/m1/s1. The van der Waals surface area contributed by atoms with Crippen molar-refractivity contribution in [3.63, 3.8) is 0 Å². The van der Waals surface area contributed by atoms with E-state index in [4.69, 9.17) is 21.3 Å². The molecule has 2 atom stereocenters. The second kappa shape index (κ2) is 7.74. The molecule has 0 aliphatic heterocycles. The molecule has 0 amide bonds. The summed E-state index contributed by atoms with van der Waals surface area (Å²) in [5, 5.41) is 30.7. The molecular formula is C19H16ClFN4O2. The van der Waals surface area contributed by atoms with E-state index in [1.165, 1.54) is 24.3 Å². The van der Waals surface area contributed by atoms with E-state index in [-0.39, 0.29) is 17.6 Å². The van der Waals surface area contributed by atoms with Gasteiger partial charge >= 0.3 is 0 Å². The number of aliphatic hydroxyl groups excluding tert-OH is 1. The summed E-state index contributed by atoms with van der Waals surface area (Å²) in [5.74, 6) is 0.0198. The van der Waals surface area contributed by atoms with Crippen LogP contribution in [0, 0.1) is 24.1 Å². The highest BCUT2D eigenvalue weighted by atomic mass is 35.5. The second-order valence-electron chi connectivity index (χ2n) is 6.03. The Bertz CT molecular complexity index is 996. The minimum Gasteiger partial charge on any atom is -0.418 e. The Labute approximate surface area is 160 Å². The molecule has 0 saturated carbocycles. The first kappa shape index (κ1) is 18.8. The second-order valence-corrected chi connectivity index (χ2v) is 6.40. The lowest BCUT2D eigenvalue weighted by atomic mass is 10.1. The van der Waals surface area contributed by atoms with Crippen molar-refractivity contribution in [2.24, 2.45) is 0 Å². The van der Waals surface area contributed by atoms with E-state index in [2.05, 4.69) is 15.5 Å². The number of hydrogen-bond acceptors (Lipinski definition) is 6. The average Bonchev–Trinajstić information content (AvgIpc) is 3.13. The number of nitriles is 1. The van der Waals surface area contributed by atoms with Crippen LogP contribution in [0.4, 0.5) is 10.1 Å². The van der Waals surface area contributed by atoms with Crippen molar-refractivity contribution in [3.8, 4) is 17.5 Å². The third-order valence-electron chi connectivity index (χ3n) is 4.10. The number of nitrogens with zero attached hydrogens (tertiary/aromatic N) is 3. The van der Waals surface area contributed by atoms with Crippen LogP contribution in [0.2, 0.25) is 5.02 Å². The van der Waals surface area contributed by atoms with E-state index < -0.39 is 12.1 Å². The Morgan fingerprint density at radius 2 is 1.93 bits per heavy atom. The van der Waals surface area contributed by atoms with Crippen LogP contribution in [0.1, 0.15) is 30.0 Å². The summed E-state index contributed by atoms with van der Waals surface area (Å²) in [4.78, 5) is 0. The van der Waals surface area contributed by atoms with Gasteiger partial charge in [-0.15, -0.1) is 10.2 Å². The molecule has 3 rings (SSSR count). The fourth-order valence-electron chi connectivity index (χ4n) is 2.55. The monoisotopic (exact) mass is 386 g/mol. The predicted molar refractivity (Wildman–Crippen MR) is 98.6 cm³/mol. The molecule has 0 radical (unpaired) electrons. The van der Waals surface area contributed by atoms with Crippen LogP contribution < -0.4 is 5.32 Å². The largest absolute Gasteiger partial charge is 0.418 e. The van der Waals surface area contributed by atoms with Gasteiger partial charge in [0.05, 0.1) is 16.7 Å². The molecule has 8 heteroatoms. The minimum atomic E-state index is -0.861. The van der Waals surface area contributed by atoms with Crippen molar-refractivity contribution in [1.82, 2.24) is 10.2 Å². The SMILES string of the molecule is Cc1c(NC(c2nnc(-c3ccc(F)cc3)o2)[C@@H](C)O)ccc(C#N)c1Cl. The molecule has 1 heterocycles. The summed E-state index contributed by atoms with van der Waals surface area (Å²) in [6.45, 7) is 3.35. The molecule has 3 aromatic rings. The van der Waals surface area contributed by atoms with Crippen LogP contribution in [0.25, 0.3) is 11.5 Å². The Morgan fingerprint density at radius 1 is 1.22 bits per heavy atom. The lowest BCUT2D eigenvalue weighted by Crippen LogP contribution is -2.23. The molecule has 27 heavy (non-hydrogen) atoms. The first-order valence-electron chi connectivity index (χ1n) is 8.14. The topological polar surface area (TPSA) is 95.0 Å². The van der Waals surface area contributed by atoms with Crippen molar-refractivity contribution < 1.29 is 13.9 Å². The predicted octanol–water partition coefficient (Wildman–Crippen LogP) is 4.24. The molecule has 2 N–H and O–H groups in total. The number of nitrogens with one attached hydrogen (secondary N) is 1. The average molecular weight is 387 g/mol. The molecule has 0 spiro atoms. The van der Waals surface area contributed by atoms with Gasteiger partial charge in [0.15, 0.2) is 0 Å². The van der Waals surface area contributed by atoms with Gasteiger partial charge in [-0.3, -0.25) is 0 Å². The van der Waals surface area contributed by atoms with Crippen LogP contribution in [-0.4, -0.2) is 21.4 Å². The maximum absolute atomic E-state index is 13.1. The third kappa shape index (κ3) is 3.92. The Kier molecular flexibility index (Phi) is 5.40. The summed E-state index contributed by atoms with van der Waals surface area (Å²) in [6, 6.07) is 10.3. The Hall–Kier alpha value is -2.95. The molecule has 2 aromatic carbocycles. The highest BCUT2D eigenvalue weighted by Crippen LogP contribution is 2.31. The smallest absolute Gasteiger partial charge is 0.247 e. The summed E-state index contributed by atoms with van der Waals surface area (Å²) >= 11 is 6.20. The number of anilines is 1. The van der Waals surface area contributed by atoms with Crippen molar-refractivity contribution in [1.29, 1.82) is 5.26 Å². The normalized spacial score (nSPS) is 13.0. The van der Waals surface area contributed by atoms with Gasteiger partial charge in [0.2, 0.25) is 11.8 Å². The number of hydrogen-bond donors (Lipinski definition) is 2. The molecule has 0 aliphatic rings. The molecule has 138 valence electrons. The van der Waals surface area contributed by atoms with Crippen molar-refractivity contribution in [2.75, 3.05) is 5.32 Å². The molecule has 1 unspecified atom stereocenters. The zero-order valence-corrected chi connectivity index (χ0v) is 15.3. The van der Waals surface area contributed by atoms with E-state index in [1.54, 1.807) is 26.0 Å². The third-order valence-corrected chi connectivity index (χ3v) is 4.59. The number of halogens is 2. The lowest BCUT2D eigenvalue weighted by Gasteiger charge is -2.21. The van der Waals surface area contributed by atoms with Gasteiger partial charge < -0.3 is 14.8 Å². The van der Waals surface area contributed by atoms with E-state index in [0.29, 0.717) is 27.4 Å². The molecular weight excluding hydrogens is 371 g/mol. The van der Waals surface area contributed by atoms with Crippen molar-refractivity contribution in [3.05, 3.63) is 64.3 Å². The lowest BCUT2D eigenvalue weighted by molar-refractivity contribution is 0.159. The fourth-order valence-corrected chi connectivity index (χ4v) is 2.76. The van der Waals surface area contributed by atoms with Crippen molar-refractivity contribution >= 4 is 17.3 Å². The molecule has 0 fully saturated rings. The summed E-state index contributed by atoms with van der Waals surface area (Å²) in [5.41, 5.74) is 2.23. The zero-order valence-electron chi connectivity index (χ0n) is 14.6. The van der Waals surface area contributed by atoms with Crippen LogP contribution >= 0.6 is 11.6 Å². The van der Waals surface area contributed by atoms with Crippen LogP contribution in [0.3, 0.4) is 0 Å². The van der Waals surface area contributed by atoms with Gasteiger partial charge in [-0.2, -0.15) is 5.26 Å². The minimum absolute atomic E-state index is 0.171. The van der Waals surface area contributed by atoms with E-state index >= 15 is 0 Å². The van der Waals surface area contributed by atoms with Gasteiger partial charge in [0.1, 0.15) is 17.9 Å². The molecule has 1 aromatic heterocycles. The number of benzene rings is 2. The summed E-state index contributed by atoms with van der Waals surface area (Å²) in [6.07, 6.45) is -0.861. The van der Waals surface area contributed by atoms with Gasteiger partial charge in [0.25, 0.3) is 0 Å². The number of rotatable bonds is 5. The maximum Gasteiger partial charge on any atom is 0.247 e. The highest BCUT2D eigenvalue weighted by molar-refractivity contribution is 6.32. The van der Waals surface area contributed by atoms with Crippen LogP contribution in [0.5, 0.6) is 0 Å². The van der Waals surface area contributed by atoms with E-state index in [1.807, 2.05) is 6.07 Å². The van der Waals surface area contributed by atoms with E-state index in [9.17, 15) is 9.50 Å². The number of aliphatic hydroxyl groups is 1. The number of aromatic nitrogens is 2.